The number of alkyl carbamates (subject to hydrolysis) is 1. The zero-order valence-electron chi connectivity index (χ0n) is 15.0. The molecule has 0 rings (SSSR count). The molecule has 3 N–H and O–H groups in total. The largest absolute Gasteiger partial charge is 0.469 e. The van der Waals surface area contributed by atoms with Gasteiger partial charge < -0.3 is 25.4 Å². The van der Waals surface area contributed by atoms with Gasteiger partial charge in [-0.3, -0.25) is 9.79 Å². The van der Waals surface area contributed by atoms with Crippen molar-refractivity contribution in [3.05, 3.63) is 0 Å². The van der Waals surface area contributed by atoms with E-state index in [0.717, 1.165) is 0 Å². The summed E-state index contributed by atoms with van der Waals surface area (Å²) in [6.07, 6.45) is 0.291. The average molecular weight is 330 g/mol. The fraction of sp³-hybridized carbons (Fsp3) is 0.800. The van der Waals surface area contributed by atoms with E-state index >= 15 is 0 Å². The van der Waals surface area contributed by atoms with Crippen molar-refractivity contribution in [3.63, 3.8) is 0 Å². The second-order valence-corrected chi connectivity index (χ2v) is 6.09. The SMILES string of the molecule is CN=C(NCCCNC(=O)OC(C)(C)C)NCC(C)C(=O)OC. The Hall–Kier alpha value is -1.99. The Morgan fingerprint density at radius 3 is 2.26 bits per heavy atom. The highest BCUT2D eigenvalue weighted by Gasteiger charge is 2.15. The van der Waals surface area contributed by atoms with Crippen LogP contribution in [0.25, 0.3) is 0 Å². The summed E-state index contributed by atoms with van der Waals surface area (Å²) in [4.78, 5) is 26.8. The number of amides is 1. The van der Waals surface area contributed by atoms with Gasteiger partial charge in [-0.2, -0.15) is 0 Å². The van der Waals surface area contributed by atoms with Crippen molar-refractivity contribution in [2.75, 3.05) is 33.8 Å². The highest BCUT2D eigenvalue weighted by atomic mass is 16.6. The molecule has 0 aromatic carbocycles. The number of aliphatic imine (C=N–C) groups is 1. The van der Waals surface area contributed by atoms with Crippen LogP contribution in [0.4, 0.5) is 4.79 Å². The minimum atomic E-state index is -0.495. The van der Waals surface area contributed by atoms with Crippen LogP contribution in [-0.2, 0) is 14.3 Å². The van der Waals surface area contributed by atoms with Crippen LogP contribution in [0.1, 0.15) is 34.1 Å². The molecule has 0 bridgehead atoms. The molecule has 0 heterocycles. The molecule has 0 aliphatic rings. The van der Waals surface area contributed by atoms with Crippen molar-refractivity contribution in [2.24, 2.45) is 10.9 Å². The Morgan fingerprint density at radius 1 is 1.13 bits per heavy atom. The van der Waals surface area contributed by atoms with Crippen LogP contribution >= 0.6 is 0 Å². The first-order valence-corrected chi connectivity index (χ1v) is 7.68. The quantitative estimate of drug-likeness (QED) is 0.277. The summed E-state index contributed by atoms with van der Waals surface area (Å²) in [6.45, 7) is 8.79. The molecule has 0 fully saturated rings. The molecular formula is C15H30N4O4. The van der Waals surface area contributed by atoms with Crippen LogP contribution in [0.3, 0.4) is 0 Å². The number of esters is 1. The first-order chi connectivity index (χ1) is 10.7. The second kappa shape index (κ2) is 10.7. The van der Waals surface area contributed by atoms with Crippen LogP contribution in [0.15, 0.2) is 4.99 Å². The number of hydrogen-bond acceptors (Lipinski definition) is 5. The minimum Gasteiger partial charge on any atom is -0.469 e. The van der Waals surface area contributed by atoms with E-state index in [1.165, 1.54) is 7.11 Å². The number of methoxy groups -OCH3 is 1. The Balaban J connectivity index is 3.85. The van der Waals surface area contributed by atoms with E-state index in [4.69, 9.17) is 4.74 Å². The maximum atomic E-state index is 11.4. The number of rotatable bonds is 7. The van der Waals surface area contributed by atoms with Gasteiger partial charge in [-0.1, -0.05) is 6.92 Å². The summed E-state index contributed by atoms with van der Waals surface area (Å²) in [5.74, 6) is 0.0694. The summed E-state index contributed by atoms with van der Waals surface area (Å²) < 4.78 is 9.79. The third-order valence-electron chi connectivity index (χ3n) is 2.72. The summed E-state index contributed by atoms with van der Waals surface area (Å²) in [5.41, 5.74) is -0.495. The van der Waals surface area contributed by atoms with Crippen molar-refractivity contribution in [1.29, 1.82) is 0 Å². The first kappa shape index (κ1) is 21.0. The molecule has 0 radical (unpaired) electrons. The molecule has 0 spiro atoms. The van der Waals surface area contributed by atoms with Crippen molar-refractivity contribution in [1.82, 2.24) is 16.0 Å². The Bertz CT molecular complexity index is 405. The zero-order chi connectivity index (χ0) is 17.9. The highest BCUT2D eigenvalue weighted by molar-refractivity contribution is 5.80. The van der Waals surface area contributed by atoms with Gasteiger partial charge in [0.25, 0.3) is 0 Å². The van der Waals surface area contributed by atoms with Gasteiger partial charge in [0.05, 0.1) is 13.0 Å². The number of ether oxygens (including phenoxy) is 2. The van der Waals surface area contributed by atoms with Crippen molar-refractivity contribution in [3.8, 4) is 0 Å². The van der Waals surface area contributed by atoms with E-state index < -0.39 is 11.7 Å². The van der Waals surface area contributed by atoms with E-state index in [-0.39, 0.29) is 11.9 Å². The number of nitrogens with one attached hydrogen (secondary N) is 3. The molecule has 0 aliphatic carbocycles. The molecule has 1 unspecified atom stereocenters. The van der Waals surface area contributed by atoms with Gasteiger partial charge in [0.1, 0.15) is 5.60 Å². The highest BCUT2D eigenvalue weighted by Crippen LogP contribution is 2.06. The Labute approximate surface area is 138 Å². The molecular weight excluding hydrogens is 300 g/mol. The lowest BCUT2D eigenvalue weighted by atomic mass is 10.2. The van der Waals surface area contributed by atoms with E-state index in [1.807, 2.05) is 20.8 Å². The van der Waals surface area contributed by atoms with Gasteiger partial charge in [-0.25, -0.2) is 4.79 Å². The Morgan fingerprint density at radius 2 is 1.74 bits per heavy atom. The number of hydrogen-bond donors (Lipinski definition) is 3. The van der Waals surface area contributed by atoms with Gasteiger partial charge in [-0.05, 0) is 27.2 Å². The van der Waals surface area contributed by atoms with Gasteiger partial charge in [0, 0.05) is 26.7 Å². The molecule has 0 aliphatic heterocycles. The third kappa shape index (κ3) is 11.3. The normalized spacial score (nSPS) is 13.0. The van der Waals surface area contributed by atoms with E-state index in [9.17, 15) is 9.59 Å². The molecule has 8 nitrogen and oxygen atoms in total. The lowest BCUT2D eigenvalue weighted by molar-refractivity contribution is -0.144. The smallest absolute Gasteiger partial charge is 0.407 e. The lowest BCUT2D eigenvalue weighted by Gasteiger charge is -2.19. The predicted octanol–water partition coefficient (Wildman–Crippen LogP) is 0.875. The number of nitrogens with zero attached hydrogens (tertiary/aromatic N) is 1. The monoisotopic (exact) mass is 330 g/mol. The molecule has 0 aromatic rings. The van der Waals surface area contributed by atoms with Crippen LogP contribution < -0.4 is 16.0 Å². The number of guanidine groups is 1. The number of carbonyl (C=O) groups is 2. The van der Waals surface area contributed by atoms with Gasteiger partial charge in [-0.15, -0.1) is 0 Å². The van der Waals surface area contributed by atoms with Crippen LogP contribution in [0, 0.1) is 5.92 Å². The lowest BCUT2D eigenvalue weighted by Crippen LogP contribution is -2.42. The molecule has 0 aromatic heterocycles. The Kier molecular flexibility index (Phi) is 9.76. The first-order valence-electron chi connectivity index (χ1n) is 7.68. The van der Waals surface area contributed by atoms with E-state index in [2.05, 4.69) is 25.7 Å². The molecule has 8 heteroatoms. The van der Waals surface area contributed by atoms with Gasteiger partial charge >= 0.3 is 12.1 Å². The average Bonchev–Trinajstić information content (AvgIpc) is 2.46. The van der Waals surface area contributed by atoms with E-state index in [1.54, 1.807) is 14.0 Å². The maximum Gasteiger partial charge on any atom is 0.407 e. The molecule has 0 saturated heterocycles. The topological polar surface area (TPSA) is 101 Å². The second-order valence-electron chi connectivity index (χ2n) is 6.09. The summed E-state index contributed by atoms with van der Waals surface area (Å²) in [5, 5.41) is 8.82. The zero-order valence-corrected chi connectivity index (χ0v) is 15.0. The van der Waals surface area contributed by atoms with E-state index in [0.29, 0.717) is 32.0 Å². The van der Waals surface area contributed by atoms with Gasteiger partial charge in [0.15, 0.2) is 5.96 Å². The van der Waals surface area contributed by atoms with Crippen molar-refractivity contribution in [2.45, 2.75) is 39.7 Å². The molecule has 0 saturated carbocycles. The van der Waals surface area contributed by atoms with Crippen molar-refractivity contribution >= 4 is 18.0 Å². The summed E-state index contributed by atoms with van der Waals surface area (Å²) in [7, 11) is 3.01. The fourth-order valence-corrected chi connectivity index (χ4v) is 1.55. The summed E-state index contributed by atoms with van der Waals surface area (Å²) in [6, 6.07) is 0. The maximum absolute atomic E-state index is 11.4. The molecule has 23 heavy (non-hydrogen) atoms. The fourth-order valence-electron chi connectivity index (χ4n) is 1.55. The minimum absolute atomic E-state index is 0.257. The van der Waals surface area contributed by atoms with Crippen LogP contribution in [0.5, 0.6) is 0 Å². The third-order valence-corrected chi connectivity index (χ3v) is 2.72. The molecule has 134 valence electrons. The molecule has 1 amide bonds. The van der Waals surface area contributed by atoms with Crippen LogP contribution in [0.2, 0.25) is 0 Å². The standard InChI is InChI=1S/C15H30N4O4/c1-11(12(20)22-6)10-19-13(16-5)17-8-7-9-18-14(21)23-15(2,3)4/h11H,7-10H2,1-6H3,(H,18,21)(H2,16,17,19). The predicted molar refractivity (Wildman–Crippen MR) is 89.4 cm³/mol. The summed E-state index contributed by atoms with van der Waals surface area (Å²) >= 11 is 0. The van der Waals surface area contributed by atoms with Gasteiger partial charge in [0.2, 0.25) is 0 Å². The van der Waals surface area contributed by atoms with Crippen LogP contribution in [-0.4, -0.2) is 57.4 Å². The number of carbonyl (C=O) groups excluding carboxylic acids is 2. The molecule has 1 atom stereocenters. The van der Waals surface area contributed by atoms with Crippen molar-refractivity contribution < 1.29 is 19.1 Å².